The number of hydrogen-bond acceptors (Lipinski definition) is 6. The van der Waals surface area contributed by atoms with Crippen LogP contribution < -0.4 is 10.6 Å². The summed E-state index contributed by atoms with van der Waals surface area (Å²) in [6, 6.07) is 11.8. The molecule has 2 aromatic carbocycles. The number of nitrogens with one attached hydrogen (secondary N) is 2. The van der Waals surface area contributed by atoms with Gasteiger partial charge in [-0.05, 0) is 68.3 Å². The van der Waals surface area contributed by atoms with Crippen LogP contribution in [0.3, 0.4) is 0 Å². The summed E-state index contributed by atoms with van der Waals surface area (Å²) in [5, 5.41) is 5.29. The third kappa shape index (κ3) is 8.30. The van der Waals surface area contributed by atoms with Crippen molar-refractivity contribution in [2.24, 2.45) is 0 Å². The first-order chi connectivity index (χ1) is 14.8. The minimum Gasteiger partial charge on any atom is -0.462 e. The molecule has 0 aromatic heterocycles. The zero-order valence-electron chi connectivity index (χ0n) is 17.8. The molecule has 8 nitrogen and oxygen atoms in total. The zero-order valence-corrected chi connectivity index (χ0v) is 17.8. The van der Waals surface area contributed by atoms with Gasteiger partial charge in [-0.25, -0.2) is 4.79 Å². The van der Waals surface area contributed by atoms with Crippen molar-refractivity contribution < 1.29 is 28.7 Å². The fraction of sp³-hybridized carbons (Fsp3) is 0.304. The van der Waals surface area contributed by atoms with Crippen LogP contribution in [0, 0.1) is 13.8 Å². The summed E-state index contributed by atoms with van der Waals surface area (Å²) in [5.74, 6) is -1.93. The van der Waals surface area contributed by atoms with Gasteiger partial charge in [0.25, 0.3) is 5.91 Å². The average Bonchev–Trinajstić information content (AvgIpc) is 2.70. The van der Waals surface area contributed by atoms with Gasteiger partial charge in [-0.2, -0.15) is 0 Å². The van der Waals surface area contributed by atoms with Gasteiger partial charge in [0, 0.05) is 17.8 Å². The molecule has 0 fully saturated rings. The van der Waals surface area contributed by atoms with E-state index in [0.29, 0.717) is 16.9 Å². The van der Waals surface area contributed by atoms with Gasteiger partial charge in [0.1, 0.15) is 0 Å². The number of carbonyl (C=O) groups is 4. The van der Waals surface area contributed by atoms with Crippen LogP contribution >= 0.6 is 0 Å². The highest BCUT2D eigenvalue weighted by Gasteiger charge is 2.12. The van der Waals surface area contributed by atoms with Gasteiger partial charge < -0.3 is 20.1 Å². The maximum Gasteiger partial charge on any atom is 0.338 e. The first-order valence-corrected chi connectivity index (χ1v) is 9.87. The summed E-state index contributed by atoms with van der Waals surface area (Å²) in [6.07, 6.45) is -0.263. The second-order valence-corrected chi connectivity index (χ2v) is 6.93. The van der Waals surface area contributed by atoms with E-state index < -0.39 is 24.5 Å². The topological polar surface area (TPSA) is 111 Å². The number of ether oxygens (including phenoxy) is 2. The lowest BCUT2D eigenvalue weighted by Crippen LogP contribution is -2.22. The average molecular weight is 426 g/mol. The van der Waals surface area contributed by atoms with E-state index in [0.717, 1.165) is 11.1 Å². The summed E-state index contributed by atoms with van der Waals surface area (Å²) in [7, 11) is 0. The number of anilines is 2. The van der Waals surface area contributed by atoms with E-state index in [2.05, 4.69) is 10.6 Å². The highest BCUT2D eigenvalue weighted by molar-refractivity contribution is 5.95. The number of carbonyl (C=O) groups excluding carboxylic acids is 4. The predicted molar refractivity (Wildman–Crippen MR) is 116 cm³/mol. The fourth-order valence-electron chi connectivity index (χ4n) is 2.81. The van der Waals surface area contributed by atoms with E-state index in [1.165, 1.54) is 12.1 Å². The first-order valence-electron chi connectivity index (χ1n) is 9.87. The van der Waals surface area contributed by atoms with Crippen LogP contribution in [-0.4, -0.2) is 37.0 Å². The third-order valence-corrected chi connectivity index (χ3v) is 4.11. The molecule has 2 aromatic rings. The van der Waals surface area contributed by atoms with Gasteiger partial charge >= 0.3 is 11.9 Å². The van der Waals surface area contributed by atoms with Crippen molar-refractivity contribution in [2.75, 3.05) is 23.8 Å². The van der Waals surface area contributed by atoms with Crippen LogP contribution in [0.4, 0.5) is 11.4 Å². The Labute approximate surface area is 180 Å². The van der Waals surface area contributed by atoms with Crippen molar-refractivity contribution in [3.63, 3.8) is 0 Å². The molecule has 31 heavy (non-hydrogen) atoms. The first kappa shape index (κ1) is 23.6. The highest BCUT2D eigenvalue weighted by Crippen LogP contribution is 2.14. The van der Waals surface area contributed by atoms with Crippen molar-refractivity contribution in [3.05, 3.63) is 59.2 Å². The molecule has 0 bridgehead atoms. The van der Waals surface area contributed by atoms with Crippen LogP contribution in [0.1, 0.15) is 41.3 Å². The third-order valence-electron chi connectivity index (χ3n) is 4.11. The molecule has 164 valence electrons. The molecule has 0 saturated carbocycles. The van der Waals surface area contributed by atoms with E-state index in [9.17, 15) is 19.2 Å². The number of hydrogen-bond donors (Lipinski definition) is 2. The van der Waals surface area contributed by atoms with Crippen LogP contribution in [0.25, 0.3) is 0 Å². The number of rotatable bonds is 9. The molecule has 2 rings (SSSR count). The molecule has 0 radical (unpaired) electrons. The van der Waals surface area contributed by atoms with Gasteiger partial charge in [0.05, 0.1) is 18.6 Å². The van der Waals surface area contributed by atoms with E-state index in [1.807, 2.05) is 32.0 Å². The van der Waals surface area contributed by atoms with Crippen LogP contribution in [-0.2, 0) is 23.9 Å². The van der Waals surface area contributed by atoms with E-state index >= 15 is 0 Å². The Balaban J connectivity index is 1.71. The smallest absolute Gasteiger partial charge is 0.338 e. The number of aryl methyl sites for hydroxylation is 2. The summed E-state index contributed by atoms with van der Waals surface area (Å²) < 4.78 is 9.81. The molecule has 0 spiro atoms. The lowest BCUT2D eigenvalue weighted by molar-refractivity contribution is -0.147. The summed E-state index contributed by atoms with van der Waals surface area (Å²) in [4.78, 5) is 47.3. The molecule has 2 N–H and O–H groups in total. The zero-order chi connectivity index (χ0) is 22.8. The van der Waals surface area contributed by atoms with E-state index in [1.54, 1.807) is 19.1 Å². The standard InChI is InChI=1S/C23H26N2O6/c1-4-30-23(29)17-5-7-18(8-6-17)24-20(26)9-10-22(28)31-14-21(27)25-19-12-15(2)11-16(3)13-19/h5-8,11-13H,4,9-10,14H2,1-3H3,(H,24,26)(H,25,27). The Morgan fingerprint density at radius 1 is 0.774 bits per heavy atom. The van der Waals surface area contributed by atoms with Gasteiger partial charge in [0.2, 0.25) is 5.91 Å². The van der Waals surface area contributed by atoms with E-state index in [-0.39, 0.29) is 25.4 Å². The summed E-state index contributed by atoms with van der Waals surface area (Å²) in [6.45, 7) is 5.41. The molecule has 8 heteroatoms. The fourth-order valence-corrected chi connectivity index (χ4v) is 2.81. The number of amides is 2. The van der Waals surface area contributed by atoms with Crippen molar-refractivity contribution in [1.29, 1.82) is 0 Å². The predicted octanol–water partition coefficient (Wildman–Crippen LogP) is 3.38. The second kappa shape index (κ2) is 11.5. The molecule has 0 heterocycles. The van der Waals surface area contributed by atoms with Crippen molar-refractivity contribution in [1.82, 2.24) is 0 Å². The monoisotopic (exact) mass is 426 g/mol. The highest BCUT2D eigenvalue weighted by atomic mass is 16.5. The second-order valence-electron chi connectivity index (χ2n) is 6.93. The minimum absolute atomic E-state index is 0.100. The lowest BCUT2D eigenvalue weighted by Gasteiger charge is -2.09. The number of esters is 2. The summed E-state index contributed by atoms with van der Waals surface area (Å²) >= 11 is 0. The molecule has 0 unspecified atom stereocenters. The van der Waals surface area contributed by atoms with Crippen LogP contribution in [0.5, 0.6) is 0 Å². The molecule has 0 atom stereocenters. The molecule has 2 amide bonds. The Morgan fingerprint density at radius 2 is 1.39 bits per heavy atom. The van der Waals surface area contributed by atoms with E-state index in [4.69, 9.17) is 9.47 Å². The lowest BCUT2D eigenvalue weighted by atomic mass is 10.1. The van der Waals surface area contributed by atoms with Crippen LogP contribution in [0.15, 0.2) is 42.5 Å². The largest absolute Gasteiger partial charge is 0.462 e. The Kier molecular flexibility index (Phi) is 8.75. The maximum atomic E-state index is 12.0. The molecule has 0 aliphatic carbocycles. The van der Waals surface area contributed by atoms with Crippen molar-refractivity contribution in [3.8, 4) is 0 Å². The Bertz CT molecular complexity index is 933. The Hall–Kier alpha value is -3.68. The molecule has 0 aliphatic rings. The molecule has 0 saturated heterocycles. The molecular weight excluding hydrogens is 400 g/mol. The van der Waals surface area contributed by atoms with Crippen molar-refractivity contribution >= 4 is 35.1 Å². The molecule has 0 aliphatic heterocycles. The minimum atomic E-state index is -0.650. The molecular formula is C23H26N2O6. The normalized spacial score (nSPS) is 10.2. The SMILES string of the molecule is CCOC(=O)c1ccc(NC(=O)CCC(=O)OCC(=O)Nc2cc(C)cc(C)c2)cc1. The van der Waals surface area contributed by atoms with Gasteiger partial charge in [0.15, 0.2) is 6.61 Å². The van der Waals surface area contributed by atoms with Crippen molar-refractivity contribution in [2.45, 2.75) is 33.6 Å². The van der Waals surface area contributed by atoms with Gasteiger partial charge in [-0.15, -0.1) is 0 Å². The number of benzene rings is 2. The van der Waals surface area contributed by atoms with Gasteiger partial charge in [-0.1, -0.05) is 6.07 Å². The maximum absolute atomic E-state index is 12.0. The Morgan fingerprint density at radius 3 is 2.00 bits per heavy atom. The van der Waals surface area contributed by atoms with Crippen LogP contribution in [0.2, 0.25) is 0 Å². The van der Waals surface area contributed by atoms with Gasteiger partial charge in [-0.3, -0.25) is 14.4 Å². The summed E-state index contributed by atoms with van der Waals surface area (Å²) in [5.41, 5.74) is 3.51. The quantitative estimate of drug-likeness (QED) is 0.595.